The van der Waals surface area contributed by atoms with Crippen LogP contribution in [-0.4, -0.2) is 9.55 Å². The van der Waals surface area contributed by atoms with Gasteiger partial charge in [-0.1, -0.05) is 35.9 Å². The molecule has 1 atom stereocenters. The van der Waals surface area contributed by atoms with Crippen molar-refractivity contribution in [3.8, 4) is 0 Å². The average molecular weight is 327 g/mol. The number of fused-ring (bicyclic) bond motifs is 1. The van der Waals surface area contributed by atoms with Crippen LogP contribution in [0.4, 0.5) is 4.39 Å². The van der Waals surface area contributed by atoms with Crippen LogP contribution < -0.4 is 0 Å². The number of hydrogen-bond acceptors (Lipinski definition) is 1. The molecule has 116 valence electrons. The van der Waals surface area contributed by atoms with Gasteiger partial charge in [0, 0.05) is 23.0 Å². The lowest BCUT2D eigenvalue weighted by Gasteiger charge is -2.22. The molecule has 0 aliphatic heterocycles. The van der Waals surface area contributed by atoms with Gasteiger partial charge in [-0.05, 0) is 48.1 Å². The smallest absolute Gasteiger partial charge is 0.130 e. The van der Waals surface area contributed by atoms with Crippen LogP contribution in [-0.2, 0) is 12.8 Å². The second kappa shape index (κ2) is 5.82. The van der Waals surface area contributed by atoms with Crippen LogP contribution in [0, 0.1) is 5.82 Å². The van der Waals surface area contributed by atoms with Gasteiger partial charge in [-0.15, -0.1) is 0 Å². The quantitative estimate of drug-likeness (QED) is 0.676. The summed E-state index contributed by atoms with van der Waals surface area (Å²) in [6, 6.07) is 10.9. The van der Waals surface area contributed by atoms with Crippen LogP contribution in [0.5, 0.6) is 0 Å². The van der Waals surface area contributed by atoms with Crippen molar-refractivity contribution < 1.29 is 4.39 Å². The minimum Gasteiger partial charge on any atom is -0.326 e. The first-order chi connectivity index (χ1) is 11.2. The predicted octanol–water partition coefficient (Wildman–Crippen LogP) is 4.80. The van der Waals surface area contributed by atoms with Crippen LogP contribution in [0.2, 0.25) is 5.02 Å². The van der Waals surface area contributed by atoms with E-state index in [0.29, 0.717) is 10.6 Å². The molecule has 0 radical (unpaired) electrons. The fourth-order valence-electron chi connectivity index (χ4n) is 3.44. The van der Waals surface area contributed by atoms with E-state index < -0.39 is 0 Å². The molecular formula is C19H16ClFN2. The van der Waals surface area contributed by atoms with E-state index in [2.05, 4.69) is 23.2 Å². The van der Waals surface area contributed by atoms with Gasteiger partial charge in [0.05, 0.1) is 12.4 Å². The Hall–Kier alpha value is -2.13. The molecule has 4 heteroatoms. The van der Waals surface area contributed by atoms with Crippen molar-refractivity contribution in [2.75, 3.05) is 0 Å². The SMILES string of the molecule is Fc1cccc(Cl)c1C(c1ccc2c(c1)CCC2)n1ccnc1. The van der Waals surface area contributed by atoms with E-state index in [4.69, 9.17) is 11.6 Å². The first kappa shape index (κ1) is 14.5. The van der Waals surface area contributed by atoms with E-state index in [-0.39, 0.29) is 11.9 Å². The molecule has 1 aliphatic carbocycles. The van der Waals surface area contributed by atoms with Crippen molar-refractivity contribution in [1.29, 1.82) is 0 Å². The zero-order valence-electron chi connectivity index (χ0n) is 12.5. The van der Waals surface area contributed by atoms with Crippen molar-refractivity contribution in [2.45, 2.75) is 25.3 Å². The molecule has 0 saturated heterocycles. The molecule has 0 N–H and O–H groups in total. The number of nitrogens with zero attached hydrogens (tertiary/aromatic N) is 2. The van der Waals surface area contributed by atoms with Crippen molar-refractivity contribution in [3.05, 3.63) is 88.2 Å². The van der Waals surface area contributed by atoms with Crippen molar-refractivity contribution >= 4 is 11.6 Å². The minimum absolute atomic E-state index is 0.295. The molecule has 0 saturated carbocycles. The van der Waals surface area contributed by atoms with E-state index in [1.807, 2.05) is 10.8 Å². The Labute approximate surface area is 139 Å². The maximum Gasteiger partial charge on any atom is 0.130 e. The van der Waals surface area contributed by atoms with Gasteiger partial charge >= 0.3 is 0 Å². The van der Waals surface area contributed by atoms with E-state index in [0.717, 1.165) is 18.4 Å². The van der Waals surface area contributed by atoms with Crippen molar-refractivity contribution in [1.82, 2.24) is 9.55 Å². The Kier molecular flexibility index (Phi) is 3.66. The van der Waals surface area contributed by atoms with Gasteiger partial charge < -0.3 is 4.57 Å². The van der Waals surface area contributed by atoms with Crippen molar-refractivity contribution in [2.24, 2.45) is 0 Å². The lowest BCUT2D eigenvalue weighted by atomic mass is 9.95. The van der Waals surface area contributed by atoms with Gasteiger partial charge in [-0.2, -0.15) is 0 Å². The van der Waals surface area contributed by atoms with Crippen LogP contribution in [0.15, 0.2) is 55.1 Å². The molecule has 1 unspecified atom stereocenters. The standard InChI is InChI=1S/C19H16ClFN2/c20-16-5-2-6-17(21)18(16)19(23-10-9-22-12-23)15-8-7-13-3-1-4-14(13)11-15/h2,5-12,19H,1,3-4H2. The Morgan fingerprint density at radius 1 is 1.13 bits per heavy atom. The van der Waals surface area contributed by atoms with Gasteiger partial charge in [0.15, 0.2) is 0 Å². The molecule has 4 rings (SSSR count). The molecule has 2 nitrogen and oxygen atoms in total. The summed E-state index contributed by atoms with van der Waals surface area (Å²) < 4.78 is 16.4. The largest absolute Gasteiger partial charge is 0.326 e. The number of aromatic nitrogens is 2. The summed E-state index contributed by atoms with van der Waals surface area (Å²) in [6.07, 6.45) is 8.67. The summed E-state index contributed by atoms with van der Waals surface area (Å²) in [4.78, 5) is 4.12. The zero-order chi connectivity index (χ0) is 15.8. The van der Waals surface area contributed by atoms with Crippen LogP contribution in [0.3, 0.4) is 0 Å². The van der Waals surface area contributed by atoms with E-state index in [1.54, 1.807) is 24.7 Å². The highest BCUT2D eigenvalue weighted by Gasteiger charge is 2.24. The van der Waals surface area contributed by atoms with Gasteiger partial charge in [0.25, 0.3) is 0 Å². The minimum atomic E-state index is -0.308. The Balaban J connectivity index is 1.90. The fraction of sp³-hybridized carbons (Fsp3) is 0.211. The highest BCUT2D eigenvalue weighted by atomic mass is 35.5. The molecule has 0 amide bonds. The van der Waals surface area contributed by atoms with Gasteiger partial charge in [-0.3, -0.25) is 0 Å². The third-order valence-corrected chi connectivity index (χ3v) is 4.86. The third-order valence-electron chi connectivity index (χ3n) is 4.53. The van der Waals surface area contributed by atoms with Gasteiger partial charge in [-0.25, -0.2) is 9.37 Å². The summed E-state index contributed by atoms with van der Waals surface area (Å²) in [7, 11) is 0. The predicted molar refractivity (Wildman–Crippen MR) is 89.3 cm³/mol. The molecule has 23 heavy (non-hydrogen) atoms. The Morgan fingerprint density at radius 2 is 2.00 bits per heavy atom. The summed E-state index contributed by atoms with van der Waals surface area (Å²) in [5.74, 6) is -0.295. The number of benzene rings is 2. The first-order valence-corrected chi connectivity index (χ1v) is 8.15. The molecular weight excluding hydrogens is 311 g/mol. The summed E-state index contributed by atoms with van der Waals surface area (Å²) in [5.41, 5.74) is 4.29. The maximum atomic E-state index is 14.5. The fourth-order valence-corrected chi connectivity index (χ4v) is 3.71. The van der Waals surface area contributed by atoms with E-state index in [9.17, 15) is 4.39 Å². The lowest BCUT2D eigenvalue weighted by molar-refractivity contribution is 0.572. The normalized spacial score (nSPS) is 14.7. The van der Waals surface area contributed by atoms with Crippen LogP contribution in [0.1, 0.15) is 34.7 Å². The van der Waals surface area contributed by atoms with Crippen LogP contribution in [0.25, 0.3) is 0 Å². The maximum absolute atomic E-state index is 14.5. The third kappa shape index (κ3) is 2.55. The summed E-state index contributed by atoms with van der Waals surface area (Å²) in [5, 5.41) is 0.434. The molecule has 1 aromatic heterocycles. The molecule has 3 aromatic rings. The Bertz CT molecular complexity index is 822. The first-order valence-electron chi connectivity index (χ1n) is 7.77. The molecule has 1 heterocycles. The van der Waals surface area contributed by atoms with Gasteiger partial charge in [0.1, 0.15) is 5.82 Å². The average Bonchev–Trinajstić information content (AvgIpc) is 3.21. The summed E-state index contributed by atoms with van der Waals surface area (Å²) in [6.45, 7) is 0. The molecule has 0 bridgehead atoms. The molecule has 0 fully saturated rings. The zero-order valence-corrected chi connectivity index (χ0v) is 13.3. The van der Waals surface area contributed by atoms with Gasteiger partial charge in [0.2, 0.25) is 0 Å². The monoisotopic (exact) mass is 326 g/mol. The lowest BCUT2D eigenvalue weighted by Crippen LogP contribution is -2.13. The number of hydrogen-bond donors (Lipinski definition) is 0. The summed E-state index contributed by atoms with van der Waals surface area (Å²) >= 11 is 6.33. The number of imidazole rings is 1. The second-order valence-corrected chi connectivity index (χ2v) is 6.34. The number of rotatable bonds is 3. The van der Waals surface area contributed by atoms with Crippen molar-refractivity contribution in [3.63, 3.8) is 0 Å². The number of halogens is 2. The highest BCUT2D eigenvalue weighted by molar-refractivity contribution is 6.31. The van der Waals surface area contributed by atoms with E-state index >= 15 is 0 Å². The topological polar surface area (TPSA) is 17.8 Å². The van der Waals surface area contributed by atoms with Crippen LogP contribution >= 0.6 is 11.6 Å². The molecule has 0 spiro atoms. The Morgan fingerprint density at radius 3 is 2.78 bits per heavy atom. The molecule has 2 aromatic carbocycles. The molecule has 1 aliphatic rings. The van der Waals surface area contributed by atoms with E-state index in [1.165, 1.54) is 23.6 Å². The highest BCUT2D eigenvalue weighted by Crippen LogP contribution is 2.35. The second-order valence-electron chi connectivity index (χ2n) is 5.93. The number of aryl methyl sites for hydroxylation is 2.